The molecule has 1 aromatic rings. The molecule has 1 heterocycles. The van der Waals surface area contributed by atoms with E-state index in [0.29, 0.717) is 12.1 Å². The van der Waals surface area contributed by atoms with Gasteiger partial charge in [-0.15, -0.1) is 0 Å². The molecule has 0 atom stereocenters. The molecule has 1 aromatic carbocycles. The van der Waals surface area contributed by atoms with Crippen LogP contribution in [-0.2, 0) is 9.57 Å². The van der Waals surface area contributed by atoms with Crippen molar-refractivity contribution in [3.05, 3.63) is 35.4 Å². The zero-order chi connectivity index (χ0) is 14.9. The Bertz CT molecular complexity index is 468. The summed E-state index contributed by atoms with van der Waals surface area (Å²) in [6.07, 6.45) is 1.60. The lowest BCUT2D eigenvalue weighted by molar-refractivity contribution is 0.0383. The van der Waals surface area contributed by atoms with Gasteiger partial charge in [0.25, 0.3) is 5.91 Å². The predicted octanol–water partition coefficient (Wildman–Crippen LogP) is 0.729. The van der Waals surface area contributed by atoms with Crippen LogP contribution in [0.2, 0.25) is 0 Å². The minimum absolute atomic E-state index is 0.0570. The van der Waals surface area contributed by atoms with Crippen LogP contribution in [0.5, 0.6) is 0 Å². The topological polar surface area (TPSA) is 63.2 Å². The summed E-state index contributed by atoms with van der Waals surface area (Å²) in [7, 11) is 1.49. The van der Waals surface area contributed by atoms with Crippen LogP contribution in [0.25, 0.3) is 0 Å². The largest absolute Gasteiger partial charge is 0.399 e. The lowest BCUT2D eigenvalue weighted by atomic mass is 10.1. The van der Waals surface area contributed by atoms with E-state index in [1.165, 1.54) is 7.11 Å². The van der Waals surface area contributed by atoms with Crippen molar-refractivity contribution in [3.8, 4) is 0 Å². The molecular weight excluding hydrogens is 270 g/mol. The molecule has 6 heteroatoms. The van der Waals surface area contributed by atoms with Gasteiger partial charge in [-0.2, -0.15) is 0 Å². The molecule has 2 rings (SSSR count). The molecule has 1 aliphatic rings. The Kier molecular flexibility index (Phi) is 6.18. The van der Waals surface area contributed by atoms with E-state index in [-0.39, 0.29) is 5.91 Å². The molecule has 114 valence electrons. The minimum atomic E-state index is -0.0570. The molecule has 0 radical (unpaired) electrons. The monoisotopic (exact) mass is 291 g/mol. The second kappa shape index (κ2) is 8.39. The number of carbonyl (C=O) groups excluding carboxylic acids is 1. The number of hydrogen-bond donors (Lipinski definition) is 1. The Morgan fingerprint density at radius 3 is 2.76 bits per heavy atom. The molecule has 0 spiro atoms. The molecule has 0 aliphatic carbocycles. The fraction of sp³-hybridized carbons (Fsp3) is 0.467. The zero-order valence-corrected chi connectivity index (χ0v) is 12.2. The Labute approximate surface area is 124 Å². The predicted molar refractivity (Wildman–Crippen MR) is 80.6 cm³/mol. The number of morpholine rings is 1. The summed E-state index contributed by atoms with van der Waals surface area (Å²) < 4.78 is 5.29. The van der Waals surface area contributed by atoms with Gasteiger partial charge in [0.15, 0.2) is 0 Å². The number of benzene rings is 1. The number of carbonyl (C=O) groups is 1. The quantitative estimate of drug-likeness (QED) is 0.620. The van der Waals surface area contributed by atoms with Crippen molar-refractivity contribution in [2.45, 2.75) is 0 Å². The highest BCUT2D eigenvalue weighted by molar-refractivity contribution is 5.95. The van der Waals surface area contributed by atoms with E-state index in [9.17, 15) is 4.79 Å². The van der Waals surface area contributed by atoms with Gasteiger partial charge < -0.3 is 14.9 Å². The summed E-state index contributed by atoms with van der Waals surface area (Å²) in [6, 6.07) is 7.22. The first-order valence-electron chi connectivity index (χ1n) is 7.04. The number of ether oxygens (including phenoxy) is 1. The molecule has 1 fully saturated rings. The SMILES string of the molecule is CON=Cc1ccc(C(=O)NCCN2CCOCC2)cc1. The van der Waals surface area contributed by atoms with Crippen molar-refractivity contribution < 1.29 is 14.4 Å². The molecule has 0 saturated carbocycles. The van der Waals surface area contributed by atoms with Crippen LogP contribution in [0.15, 0.2) is 29.4 Å². The van der Waals surface area contributed by atoms with Crippen molar-refractivity contribution in [2.24, 2.45) is 5.16 Å². The maximum Gasteiger partial charge on any atom is 0.251 e. The lowest BCUT2D eigenvalue weighted by Crippen LogP contribution is -2.41. The highest BCUT2D eigenvalue weighted by atomic mass is 16.6. The number of hydrogen-bond acceptors (Lipinski definition) is 5. The van der Waals surface area contributed by atoms with Gasteiger partial charge in [-0.1, -0.05) is 17.3 Å². The number of rotatable bonds is 6. The molecule has 1 amide bonds. The molecule has 1 saturated heterocycles. The van der Waals surface area contributed by atoms with Crippen molar-refractivity contribution in [1.29, 1.82) is 0 Å². The molecule has 0 bridgehead atoms. The van der Waals surface area contributed by atoms with Crippen molar-refractivity contribution in [1.82, 2.24) is 10.2 Å². The van der Waals surface area contributed by atoms with E-state index in [4.69, 9.17) is 4.74 Å². The number of nitrogens with zero attached hydrogens (tertiary/aromatic N) is 2. The molecule has 0 unspecified atom stereocenters. The number of oxime groups is 1. The molecule has 1 aliphatic heterocycles. The van der Waals surface area contributed by atoms with Gasteiger partial charge in [-0.05, 0) is 17.7 Å². The zero-order valence-electron chi connectivity index (χ0n) is 12.2. The van der Waals surface area contributed by atoms with Crippen LogP contribution in [-0.4, -0.2) is 63.5 Å². The van der Waals surface area contributed by atoms with Crippen LogP contribution >= 0.6 is 0 Å². The van der Waals surface area contributed by atoms with Crippen LogP contribution < -0.4 is 5.32 Å². The summed E-state index contributed by atoms with van der Waals surface area (Å²) in [5.41, 5.74) is 1.54. The summed E-state index contributed by atoms with van der Waals surface area (Å²) in [5.74, 6) is -0.0570. The molecule has 6 nitrogen and oxygen atoms in total. The molecule has 21 heavy (non-hydrogen) atoms. The van der Waals surface area contributed by atoms with Crippen LogP contribution in [0, 0.1) is 0 Å². The minimum Gasteiger partial charge on any atom is -0.399 e. The number of amides is 1. The normalized spacial score (nSPS) is 16.0. The van der Waals surface area contributed by atoms with E-state index < -0.39 is 0 Å². The van der Waals surface area contributed by atoms with E-state index in [1.54, 1.807) is 18.3 Å². The average Bonchev–Trinajstić information content (AvgIpc) is 2.54. The van der Waals surface area contributed by atoms with E-state index in [1.807, 2.05) is 12.1 Å². The van der Waals surface area contributed by atoms with Gasteiger partial charge >= 0.3 is 0 Å². The maximum atomic E-state index is 12.0. The first-order chi connectivity index (χ1) is 10.3. The molecular formula is C15H21N3O3. The van der Waals surface area contributed by atoms with Gasteiger partial charge in [-0.25, -0.2) is 0 Å². The third kappa shape index (κ3) is 5.17. The van der Waals surface area contributed by atoms with Gasteiger partial charge in [0.05, 0.1) is 19.4 Å². The van der Waals surface area contributed by atoms with Crippen LogP contribution in [0.1, 0.15) is 15.9 Å². The smallest absolute Gasteiger partial charge is 0.251 e. The van der Waals surface area contributed by atoms with E-state index in [0.717, 1.165) is 38.4 Å². The standard InChI is InChI=1S/C15H21N3O3/c1-20-17-12-13-2-4-14(5-3-13)15(19)16-6-7-18-8-10-21-11-9-18/h2-5,12H,6-11H2,1H3,(H,16,19). The van der Waals surface area contributed by atoms with Gasteiger partial charge in [0.2, 0.25) is 0 Å². The van der Waals surface area contributed by atoms with Crippen molar-refractivity contribution in [2.75, 3.05) is 46.5 Å². The number of nitrogens with one attached hydrogen (secondary N) is 1. The van der Waals surface area contributed by atoms with Crippen molar-refractivity contribution >= 4 is 12.1 Å². The average molecular weight is 291 g/mol. The van der Waals surface area contributed by atoms with Crippen LogP contribution in [0.3, 0.4) is 0 Å². The second-order valence-corrected chi connectivity index (χ2v) is 4.75. The third-order valence-corrected chi connectivity index (χ3v) is 3.30. The Hall–Kier alpha value is -1.92. The second-order valence-electron chi connectivity index (χ2n) is 4.75. The Balaban J connectivity index is 1.75. The fourth-order valence-corrected chi connectivity index (χ4v) is 2.09. The fourth-order valence-electron chi connectivity index (χ4n) is 2.09. The molecule has 0 aromatic heterocycles. The first-order valence-corrected chi connectivity index (χ1v) is 7.04. The Morgan fingerprint density at radius 1 is 1.38 bits per heavy atom. The first kappa shape index (κ1) is 15.5. The Morgan fingerprint density at radius 2 is 2.10 bits per heavy atom. The highest BCUT2D eigenvalue weighted by Crippen LogP contribution is 2.03. The third-order valence-electron chi connectivity index (χ3n) is 3.30. The summed E-state index contributed by atoms with van der Waals surface area (Å²) in [4.78, 5) is 18.9. The summed E-state index contributed by atoms with van der Waals surface area (Å²) in [6.45, 7) is 4.92. The lowest BCUT2D eigenvalue weighted by Gasteiger charge is -2.26. The van der Waals surface area contributed by atoms with Gasteiger partial charge in [0.1, 0.15) is 7.11 Å². The van der Waals surface area contributed by atoms with Crippen molar-refractivity contribution in [3.63, 3.8) is 0 Å². The van der Waals surface area contributed by atoms with E-state index in [2.05, 4.69) is 20.2 Å². The van der Waals surface area contributed by atoms with Gasteiger partial charge in [-0.3, -0.25) is 9.69 Å². The summed E-state index contributed by atoms with van der Waals surface area (Å²) in [5, 5.41) is 6.61. The van der Waals surface area contributed by atoms with Crippen LogP contribution in [0.4, 0.5) is 0 Å². The van der Waals surface area contributed by atoms with E-state index >= 15 is 0 Å². The highest BCUT2D eigenvalue weighted by Gasteiger charge is 2.10. The molecule has 1 N–H and O–H groups in total. The van der Waals surface area contributed by atoms with Gasteiger partial charge in [0, 0.05) is 31.7 Å². The maximum absolute atomic E-state index is 12.0. The summed E-state index contributed by atoms with van der Waals surface area (Å²) >= 11 is 0.